The van der Waals surface area contributed by atoms with Gasteiger partial charge in [0, 0.05) is 6.54 Å². The van der Waals surface area contributed by atoms with Crippen LogP contribution in [0.5, 0.6) is 0 Å². The van der Waals surface area contributed by atoms with Gasteiger partial charge < -0.3 is 26.2 Å². The second-order valence-corrected chi connectivity index (χ2v) is 13.4. The number of benzene rings is 2. The Kier molecular flexibility index (Phi) is 11.8. The molecule has 220 valence electrons. The summed E-state index contributed by atoms with van der Waals surface area (Å²) in [4.78, 5) is 0. The zero-order valence-corrected chi connectivity index (χ0v) is 25.6. The molecule has 0 saturated carbocycles. The number of hydrogen-bond acceptors (Lipinski definition) is 5. The Labute approximate surface area is 237 Å². The van der Waals surface area contributed by atoms with Crippen molar-refractivity contribution in [2.45, 2.75) is 122 Å². The van der Waals surface area contributed by atoms with Crippen molar-refractivity contribution in [3.8, 4) is 0 Å². The van der Waals surface area contributed by atoms with Gasteiger partial charge in [0.25, 0.3) is 0 Å². The van der Waals surface area contributed by atoms with E-state index in [1.54, 1.807) is 0 Å². The number of aliphatic hydroxyl groups excluding tert-OH is 3. The molecule has 6 N–H and O–H groups in total. The van der Waals surface area contributed by atoms with Crippen LogP contribution in [0.3, 0.4) is 0 Å². The van der Waals surface area contributed by atoms with E-state index >= 15 is 0 Å². The van der Waals surface area contributed by atoms with Crippen LogP contribution in [-0.4, -0.2) is 33.6 Å². The molecule has 2 aromatic rings. The molecule has 0 aliphatic heterocycles. The summed E-state index contributed by atoms with van der Waals surface area (Å²) >= 11 is 0. The summed E-state index contributed by atoms with van der Waals surface area (Å²) in [7, 11) is 0. The molecular weight excluding hydrogens is 486 g/mol. The molecule has 0 saturated heterocycles. The van der Waals surface area contributed by atoms with E-state index in [0.29, 0.717) is 30.5 Å². The van der Waals surface area contributed by atoms with E-state index in [-0.39, 0.29) is 10.8 Å². The van der Waals surface area contributed by atoms with Crippen molar-refractivity contribution in [3.05, 3.63) is 70.3 Å². The Morgan fingerprint density at radius 3 is 1.69 bits per heavy atom. The van der Waals surface area contributed by atoms with Crippen LogP contribution >= 0.6 is 0 Å². The summed E-state index contributed by atoms with van der Waals surface area (Å²) in [5.41, 5.74) is 6.09. The number of rotatable bonds is 14. The van der Waals surface area contributed by atoms with Crippen molar-refractivity contribution in [1.82, 2.24) is 0 Å². The minimum absolute atomic E-state index is 0.317. The Balaban J connectivity index is 2.80. The largest absolute Gasteiger partial charge is 0.395 e. The lowest BCUT2D eigenvalue weighted by Gasteiger charge is -2.50. The Hall–Kier alpha value is -1.76. The van der Waals surface area contributed by atoms with Gasteiger partial charge in [-0.15, -0.1) is 0 Å². The van der Waals surface area contributed by atoms with Gasteiger partial charge in [0.15, 0.2) is 0 Å². The number of aliphatic hydroxyl groups is 4. The first-order valence-corrected chi connectivity index (χ1v) is 14.8. The molecule has 0 bridgehead atoms. The molecule has 5 nitrogen and oxygen atoms in total. The third-order valence-electron chi connectivity index (χ3n) is 8.42. The lowest BCUT2D eigenvalue weighted by Crippen LogP contribution is -2.55. The molecule has 0 aromatic heterocycles. The zero-order chi connectivity index (χ0) is 29.5. The van der Waals surface area contributed by atoms with E-state index in [2.05, 4.69) is 48.5 Å². The van der Waals surface area contributed by atoms with Gasteiger partial charge in [-0.1, -0.05) is 129 Å². The fourth-order valence-electron chi connectivity index (χ4n) is 5.91. The van der Waals surface area contributed by atoms with E-state index in [0.717, 1.165) is 42.4 Å². The van der Waals surface area contributed by atoms with Crippen LogP contribution in [0, 0.1) is 5.41 Å². The average Bonchev–Trinajstić information content (AvgIpc) is 2.90. The lowest BCUT2D eigenvalue weighted by atomic mass is 9.60. The second-order valence-electron chi connectivity index (χ2n) is 13.4. The molecule has 0 amide bonds. The number of nitrogens with two attached hydrogens (primary N) is 1. The van der Waals surface area contributed by atoms with Crippen molar-refractivity contribution in [2.24, 2.45) is 11.1 Å². The zero-order valence-electron chi connectivity index (χ0n) is 25.6. The summed E-state index contributed by atoms with van der Waals surface area (Å²) in [6.45, 7) is 13.9. The highest BCUT2D eigenvalue weighted by atomic mass is 16.3. The highest BCUT2D eigenvalue weighted by Gasteiger charge is 2.56. The monoisotopic (exact) mass is 541 g/mol. The maximum atomic E-state index is 12.6. The molecule has 39 heavy (non-hydrogen) atoms. The van der Waals surface area contributed by atoms with Crippen LogP contribution in [0.15, 0.2) is 42.5 Å². The summed E-state index contributed by atoms with van der Waals surface area (Å²) in [5, 5.41) is 47.2. The first kappa shape index (κ1) is 33.4. The van der Waals surface area contributed by atoms with E-state index < -0.39 is 30.3 Å². The highest BCUT2D eigenvalue weighted by Crippen LogP contribution is 2.54. The van der Waals surface area contributed by atoms with Crippen molar-refractivity contribution in [3.63, 3.8) is 0 Å². The Morgan fingerprint density at radius 1 is 0.769 bits per heavy atom. The molecule has 2 rings (SSSR count). The third-order valence-corrected chi connectivity index (χ3v) is 8.42. The topological polar surface area (TPSA) is 107 Å². The minimum Gasteiger partial charge on any atom is -0.395 e. The lowest BCUT2D eigenvalue weighted by molar-refractivity contribution is -0.197. The highest BCUT2D eigenvalue weighted by molar-refractivity contribution is 5.48. The maximum Gasteiger partial charge on any atom is 0.102 e. The van der Waals surface area contributed by atoms with Gasteiger partial charge >= 0.3 is 0 Å². The SMILES string of the molecule is CCCCCCCCC(O)(c1ccccc1)C(CO)(CO)C(O)c1c(C(C)(C)C)cc(CN)cc1C(C)(C)C. The fraction of sp³-hybridized carbons (Fsp3) is 0.647. The fourth-order valence-corrected chi connectivity index (χ4v) is 5.91. The quantitative estimate of drug-likeness (QED) is 0.178. The van der Waals surface area contributed by atoms with Gasteiger partial charge in [-0.25, -0.2) is 0 Å². The van der Waals surface area contributed by atoms with Crippen molar-refractivity contribution in [2.75, 3.05) is 13.2 Å². The standard InChI is InChI=1S/C34H55NO4/c1-8-9-10-11-12-16-19-34(39,26-17-14-13-15-18-26)33(23-36,24-37)30(38)29-27(31(2,3)4)20-25(22-35)21-28(29)32(5,6)7/h13-15,17-18,20-21,30,36-39H,8-12,16,19,22-24,35H2,1-7H3. The predicted molar refractivity (Wildman–Crippen MR) is 162 cm³/mol. The molecule has 0 radical (unpaired) electrons. The summed E-state index contributed by atoms with van der Waals surface area (Å²) in [6.07, 6.45) is 5.18. The normalized spacial score (nSPS) is 15.3. The molecule has 0 heterocycles. The van der Waals surface area contributed by atoms with Crippen molar-refractivity contribution >= 4 is 0 Å². The number of unbranched alkanes of at least 4 members (excludes halogenated alkanes) is 5. The first-order chi connectivity index (χ1) is 18.2. The Bertz CT molecular complexity index is 983. The van der Waals surface area contributed by atoms with E-state index in [1.807, 2.05) is 42.5 Å². The first-order valence-electron chi connectivity index (χ1n) is 14.8. The minimum atomic E-state index is -1.67. The smallest absolute Gasteiger partial charge is 0.102 e. The summed E-state index contributed by atoms with van der Waals surface area (Å²) in [6, 6.07) is 13.3. The maximum absolute atomic E-state index is 12.6. The van der Waals surface area contributed by atoms with Crippen LogP contribution in [0.2, 0.25) is 0 Å². The van der Waals surface area contributed by atoms with Gasteiger partial charge in [0.2, 0.25) is 0 Å². The van der Waals surface area contributed by atoms with Crippen molar-refractivity contribution < 1.29 is 20.4 Å². The molecule has 2 aromatic carbocycles. The predicted octanol–water partition coefficient (Wildman–Crippen LogP) is 6.38. The van der Waals surface area contributed by atoms with Gasteiger partial charge in [0.05, 0.1) is 24.7 Å². The summed E-state index contributed by atoms with van der Waals surface area (Å²) < 4.78 is 0. The van der Waals surface area contributed by atoms with E-state index in [1.165, 1.54) is 6.42 Å². The van der Waals surface area contributed by atoms with Gasteiger partial charge in [-0.05, 0) is 45.1 Å². The van der Waals surface area contributed by atoms with Crippen LogP contribution in [0.4, 0.5) is 0 Å². The molecule has 0 fully saturated rings. The molecule has 2 unspecified atom stereocenters. The van der Waals surface area contributed by atoms with E-state index in [9.17, 15) is 20.4 Å². The second kappa shape index (κ2) is 13.7. The molecule has 0 spiro atoms. The van der Waals surface area contributed by atoms with Gasteiger partial charge in [0.1, 0.15) is 5.60 Å². The van der Waals surface area contributed by atoms with Crippen LogP contribution < -0.4 is 5.73 Å². The average molecular weight is 542 g/mol. The van der Waals surface area contributed by atoms with E-state index in [4.69, 9.17) is 5.73 Å². The van der Waals surface area contributed by atoms with Crippen LogP contribution in [0.1, 0.15) is 127 Å². The van der Waals surface area contributed by atoms with Gasteiger partial charge in [-0.3, -0.25) is 0 Å². The molecule has 5 heteroatoms. The molecule has 2 atom stereocenters. The van der Waals surface area contributed by atoms with Crippen LogP contribution in [0.25, 0.3) is 0 Å². The Morgan fingerprint density at radius 2 is 1.26 bits per heavy atom. The molecule has 0 aliphatic rings. The molecule has 0 aliphatic carbocycles. The van der Waals surface area contributed by atoms with Crippen molar-refractivity contribution in [1.29, 1.82) is 0 Å². The number of hydrogen-bond donors (Lipinski definition) is 5. The molecular formula is C34H55NO4. The van der Waals surface area contributed by atoms with Crippen LogP contribution in [-0.2, 0) is 23.0 Å². The third kappa shape index (κ3) is 7.31. The summed E-state index contributed by atoms with van der Waals surface area (Å²) in [5.74, 6) is 0. The van der Waals surface area contributed by atoms with Gasteiger partial charge in [-0.2, -0.15) is 0 Å².